The van der Waals surface area contributed by atoms with Crippen molar-refractivity contribution in [1.29, 1.82) is 0 Å². The molecule has 1 N–H and O–H groups in total. The third-order valence-corrected chi connectivity index (χ3v) is 6.63. The largest absolute Gasteiger partial charge is 0.481 e. The first-order chi connectivity index (χ1) is 11.0. The molecule has 4 fully saturated rings. The average Bonchev–Trinajstić information content (AvgIpc) is 2.45. The van der Waals surface area contributed by atoms with Gasteiger partial charge in [-0.1, -0.05) is 18.2 Å². The van der Waals surface area contributed by atoms with Gasteiger partial charge < -0.3 is 5.11 Å². The molecule has 1 aromatic rings. The summed E-state index contributed by atoms with van der Waals surface area (Å²) in [5.74, 6) is 0.581. The summed E-state index contributed by atoms with van der Waals surface area (Å²) in [5, 5.41) is 9.48. The van der Waals surface area contributed by atoms with Crippen LogP contribution in [0.15, 0.2) is 24.3 Å². The van der Waals surface area contributed by atoms with Crippen LogP contribution in [0.2, 0.25) is 0 Å². The summed E-state index contributed by atoms with van der Waals surface area (Å²) < 4.78 is 0. The Labute approximate surface area is 141 Å². The van der Waals surface area contributed by atoms with Crippen LogP contribution in [0.1, 0.15) is 60.4 Å². The second-order valence-electron chi connectivity index (χ2n) is 7.91. The maximum absolute atomic E-state index is 12.2. The minimum Gasteiger partial charge on any atom is -0.481 e. The molecular formula is C19H21ClO3. The molecule has 4 heteroatoms. The molecular weight excluding hydrogens is 312 g/mol. The van der Waals surface area contributed by atoms with Crippen molar-refractivity contribution in [3.63, 3.8) is 0 Å². The molecule has 4 aliphatic rings. The van der Waals surface area contributed by atoms with E-state index >= 15 is 0 Å². The molecule has 4 bridgehead atoms. The zero-order chi connectivity index (χ0) is 16.2. The van der Waals surface area contributed by atoms with Gasteiger partial charge >= 0.3 is 5.97 Å². The number of halogens is 1. The predicted octanol–water partition coefficient (Wildman–Crippen LogP) is 4.45. The molecule has 0 aliphatic heterocycles. The van der Waals surface area contributed by atoms with Crippen molar-refractivity contribution >= 4 is 22.8 Å². The average molecular weight is 333 g/mol. The van der Waals surface area contributed by atoms with Crippen LogP contribution in [-0.2, 0) is 4.79 Å². The maximum Gasteiger partial charge on any atom is 0.311 e. The Hall–Kier alpha value is -1.35. The Kier molecular flexibility index (Phi) is 3.53. The molecule has 0 radical (unpaired) electrons. The fourth-order valence-electron chi connectivity index (χ4n) is 6.18. The van der Waals surface area contributed by atoms with Gasteiger partial charge in [-0.15, -0.1) is 0 Å². The molecule has 1 aromatic carbocycles. The third-order valence-electron chi connectivity index (χ3n) is 6.43. The predicted molar refractivity (Wildman–Crippen MR) is 87.6 cm³/mol. The highest BCUT2D eigenvalue weighted by Crippen LogP contribution is 2.64. The van der Waals surface area contributed by atoms with E-state index < -0.39 is 17.1 Å². The standard InChI is InChI=1S/C19H21ClO3/c20-17(21)15-4-2-1-3-14(15)16(18(22)23)19-8-11-5-12(9-19)7-13(6-11)10-19/h1-4,11-13,16H,5-10H2,(H,22,23). The first kappa shape index (κ1) is 15.2. The summed E-state index contributed by atoms with van der Waals surface area (Å²) >= 11 is 5.73. The van der Waals surface area contributed by atoms with Crippen LogP contribution in [-0.4, -0.2) is 16.3 Å². The SMILES string of the molecule is O=C(Cl)c1ccccc1C(C(=O)O)C12CC3CC(CC(C3)C1)C2. The monoisotopic (exact) mass is 332 g/mol. The molecule has 5 rings (SSSR count). The van der Waals surface area contributed by atoms with Crippen LogP contribution >= 0.6 is 11.6 Å². The summed E-state index contributed by atoms with van der Waals surface area (Å²) in [6, 6.07) is 7.00. The molecule has 0 heterocycles. The quantitative estimate of drug-likeness (QED) is 0.829. The molecule has 0 aromatic heterocycles. The highest BCUT2D eigenvalue weighted by Gasteiger charge is 2.56. The lowest BCUT2D eigenvalue weighted by molar-refractivity contribution is -0.149. The van der Waals surface area contributed by atoms with Gasteiger partial charge in [-0.25, -0.2) is 0 Å². The van der Waals surface area contributed by atoms with E-state index in [-0.39, 0.29) is 5.41 Å². The van der Waals surface area contributed by atoms with Crippen LogP contribution in [0.5, 0.6) is 0 Å². The molecule has 0 spiro atoms. The maximum atomic E-state index is 12.2. The highest BCUT2D eigenvalue weighted by molar-refractivity contribution is 6.68. The number of carbonyl (C=O) groups excluding carboxylic acids is 1. The molecule has 0 saturated heterocycles. The van der Waals surface area contributed by atoms with Crippen molar-refractivity contribution in [3.8, 4) is 0 Å². The summed E-state index contributed by atoms with van der Waals surface area (Å²) in [4.78, 5) is 24.0. The summed E-state index contributed by atoms with van der Waals surface area (Å²) in [6.07, 6.45) is 6.76. The van der Waals surface area contributed by atoms with E-state index in [1.807, 2.05) is 6.07 Å². The van der Waals surface area contributed by atoms with Crippen LogP contribution in [0.3, 0.4) is 0 Å². The number of aliphatic carboxylic acids is 1. The van der Waals surface area contributed by atoms with Gasteiger partial charge in [-0.2, -0.15) is 0 Å². The van der Waals surface area contributed by atoms with Gasteiger partial charge in [0, 0.05) is 5.56 Å². The topological polar surface area (TPSA) is 54.4 Å². The molecule has 122 valence electrons. The summed E-state index contributed by atoms with van der Waals surface area (Å²) in [7, 11) is 0. The van der Waals surface area contributed by atoms with E-state index in [0.29, 0.717) is 28.9 Å². The minimum atomic E-state index is -0.808. The molecule has 3 nitrogen and oxygen atoms in total. The Morgan fingerprint density at radius 1 is 1.04 bits per heavy atom. The van der Waals surface area contributed by atoms with Crippen LogP contribution in [0, 0.1) is 23.2 Å². The van der Waals surface area contributed by atoms with E-state index in [1.54, 1.807) is 18.2 Å². The molecule has 1 unspecified atom stereocenters. The fraction of sp³-hybridized carbons (Fsp3) is 0.579. The lowest BCUT2D eigenvalue weighted by Crippen LogP contribution is -2.50. The Morgan fingerprint density at radius 2 is 1.57 bits per heavy atom. The Balaban J connectivity index is 1.81. The number of carbonyl (C=O) groups is 2. The second kappa shape index (κ2) is 5.34. The fourth-order valence-corrected chi connectivity index (χ4v) is 6.36. The summed E-state index contributed by atoms with van der Waals surface area (Å²) in [5.41, 5.74) is 0.780. The third kappa shape index (κ3) is 2.40. The Bertz CT molecular complexity index is 631. The van der Waals surface area contributed by atoms with Gasteiger partial charge in [-0.3, -0.25) is 9.59 Å². The number of carboxylic acid groups (broad SMARTS) is 1. The second-order valence-corrected chi connectivity index (χ2v) is 8.26. The van der Waals surface area contributed by atoms with E-state index in [2.05, 4.69) is 0 Å². The molecule has 4 aliphatic carbocycles. The van der Waals surface area contributed by atoms with Crippen LogP contribution in [0.4, 0.5) is 0 Å². The number of hydrogen-bond acceptors (Lipinski definition) is 2. The lowest BCUT2D eigenvalue weighted by Gasteiger charge is -2.58. The first-order valence-electron chi connectivity index (χ1n) is 8.50. The van der Waals surface area contributed by atoms with Gasteiger partial charge in [0.05, 0.1) is 5.92 Å². The van der Waals surface area contributed by atoms with E-state index in [4.69, 9.17) is 11.6 Å². The minimum absolute atomic E-state index is 0.191. The van der Waals surface area contributed by atoms with Gasteiger partial charge in [0.2, 0.25) is 0 Å². The van der Waals surface area contributed by atoms with Gasteiger partial charge in [0.1, 0.15) is 0 Å². The lowest BCUT2D eigenvalue weighted by atomic mass is 9.45. The van der Waals surface area contributed by atoms with Crippen molar-refractivity contribution in [2.75, 3.05) is 0 Å². The van der Waals surface area contributed by atoms with Gasteiger partial charge in [-0.05, 0) is 84.9 Å². The Morgan fingerprint density at radius 3 is 2.04 bits per heavy atom. The first-order valence-corrected chi connectivity index (χ1v) is 8.88. The zero-order valence-corrected chi connectivity index (χ0v) is 13.8. The van der Waals surface area contributed by atoms with Crippen molar-refractivity contribution in [2.45, 2.75) is 44.4 Å². The van der Waals surface area contributed by atoms with E-state index in [1.165, 1.54) is 19.3 Å². The van der Waals surface area contributed by atoms with Crippen molar-refractivity contribution in [3.05, 3.63) is 35.4 Å². The normalized spacial score (nSPS) is 36.0. The number of carboxylic acids is 1. The van der Waals surface area contributed by atoms with Crippen LogP contribution in [0.25, 0.3) is 0 Å². The number of hydrogen-bond donors (Lipinski definition) is 1. The van der Waals surface area contributed by atoms with Crippen LogP contribution < -0.4 is 0 Å². The molecule has 23 heavy (non-hydrogen) atoms. The highest BCUT2D eigenvalue weighted by atomic mass is 35.5. The van der Waals surface area contributed by atoms with Crippen molar-refractivity contribution in [1.82, 2.24) is 0 Å². The summed E-state index contributed by atoms with van der Waals surface area (Å²) in [6.45, 7) is 0. The smallest absolute Gasteiger partial charge is 0.311 e. The van der Waals surface area contributed by atoms with Crippen molar-refractivity contribution < 1.29 is 14.7 Å². The number of benzene rings is 1. The molecule has 1 atom stereocenters. The van der Waals surface area contributed by atoms with Gasteiger partial charge in [0.15, 0.2) is 0 Å². The molecule has 0 amide bonds. The van der Waals surface area contributed by atoms with E-state index in [0.717, 1.165) is 19.3 Å². The van der Waals surface area contributed by atoms with Gasteiger partial charge in [0.25, 0.3) is 5.24 Å². The number of rotatable bonds is 4. The molecule has 4 saturated carbocycles. The van der Waals surface area contributed by atoms with Crippen molar-refractivity contribution in [2.24, 2.45) is 23.2 Å². The van der Waals surface area contributed by atoms with E-state index in [9.17, 15) is 14.7 Å². The zero-order valence-electron chi connectivity index (χ0n) is 13.0.